The molecule has 6 heteroatoms. The number of nitrogens with one attached hydrogen (secondary N) is 1. The van der Waals surface area contributed by atoms with Crippen LogP contribution in [0.15, 0.2) is 18.2 Å². The van der Waals surface area contributed by atoms with E-state index in [1.54, 1.807) is 12.1 Å². The van der Waals surface area contributed by atoms with Crippen LogP contribution in [-0.2, 0) is 0 Å². The summed E-state index contributed by atoms with van der Waals surface area (Å²) in [6.45, 7) is 1.80. The number of nitro groups is 1. The molecule has 21 heavy (non-hydrogen) atoms. The van der Waals surface area contributed by atoms with Crippen LogP contribution in [0.25, 0.3) is 0 Å². The summed E-state index contributed by atoms with van der Waals surface area (Å²) in [7, 11) is 0. The number of para-hydroxylation sites is 1. The largest absolute Gasteiger partial charge is 0.361 e. The van der Waals surface area contributed by atoms with Crippen molar-refractivity contribution in [2.75, 3.05) is 18.0 Å². The summed E-state index contributed by atoms with van der Waals surface area (Å²) in [6.07, 6.45) is 4.40. The third-order valence-corrected chi connectivity index (χ3v) is 4.19. The molecule has 1 aromatic carbocycles. The fraction of sp³-hybridized carbons (Fsp3) is 0.533. The molecule has 1 N–H and O–H groups in total. The molecule has 1 saturated carbocycles. The van der Waals surface area contributed by atoms with Crippen LogP contribution in [0, 0.1) is 21.4 Å². The van der Waals surface area contributed by atoms with Crippen molar-refractivity contribution in [1.82, 2.24) is 5.32 Å². The minimum atomic E-state index is -0.425. The Hall–Kier alpha value is -2.13. The van der Waals surface area contributed by atoms with Gasteiger partial charge < -0.3 is 10.2 Å². The Morgan fingerprint density at radius 3 is 2.81 bits per heavy atom. The van der Waals surface area contributed by atoms with E-state index in [1.807, 2.05) is 6.07 Å². The first-order valence-electron chi connectivity index (χ1n) is 7.38. The molecule has 1 unspecified atom stereocenters. The number of nitrogens with zero attached hydrogens (tertiary/aromatic N) is 3. The zero-order chi connectivity index (χ0) is 14.8. The lowest BCUT2D eigenvalue weighted by Crippen LogP contribution is -2.39. The number of hydrogen-bond donors (Lipinski definition) is 1. The highest BCUT2D eigenvalue weighted by atomic mass is 16.6. The van der Waals surface area contributed by atoms with Gasteiger partial charge in [-0.05, 0) is 44.4 Å². The monoisotopic (exact) mass is 286 g/mol. The normalized spacial score (nSPS) is 21.0. The standard InChI is InChI=1S/C15H18N4O2/c16-9-11-3-1-5-14(15(11)19(20)21)18(13-6-7-13)10-12-4-2-8-17-12/h1,3,5,12-13,17H,2,4,6-8,10H2. The smallest absolute Gasteiger partial charge is 0.310 e. The van der Waals surface area contributed by atoms with Crippen molar-refractivity contribution in [2.45, 2.75) is 37.8 Å². The number of rotatable bonds is 5. The molecule has 0 radical (unpaired) electrons. The Bertz CT molecular complexity index is 586. The van der Waals surface area contributed by atoms with Gasteiger partial charge in [0.25, 0.3) is 0 Å². The molecule has 1 aliphatic heterocycles. The summed E-state index contributed by atoms with van der Waals surface area (Å²) in [5.41, 5.74) is 0.683. The second kappa shape index (κ2) is 5.70. The summed E-state index contributed by atoms with van der Waals surface area (Å²) in [6, 6.07) is 7.72. The third-order valence-electron chi connectivity index (χ3n) is 4.19. The zero-order valence-corrected chi connectivity index (χ0v) is 11.8. The van der Waals surface area contributed by atoms with Crippen LogP contribution in [0.1, 0.15) is 31.2 Å². The van der Waals surface area contributed by atoms with Crippen LogP contribution in [0.3, 0.4) is 0 Å². The summed E-state index contributed by atoms with van der Waals surface area (Å²) in [5, 5.41) is 24.0. The van der Waals surface area contributed by atoms with Crippen LogP contribution in [-0.4, -0.2) is 30.1 Å². The molecule has 6 nitrogen and oxygen atoms in total. The fourth-order valence-electron chi connectivity index (χ4n) is 3.03. The summed E-state index contributed by atoms with van der Waals surface area (Å²) >= 11 is 0. The first-order valence-corrected chi connectivity index (χ1v) is 7.38. The first kappa shape index (κ1) is 13.8. The maximum absolute atomic E-state index is 11.4. The summed E-state index contributed by atoms with van der Waals surface area (Å²) in [5.74, 6) is 0. The van der Waals surface area contributed by atoms with Crippen LogP contribution in [0.4, 0.5) is 11.4 Å². The van der Waals surface area contributed by atoms with Crippen LogP contribution in [0.5, 0.6) is 0 Å². The van der Waals surface area contributed by atoms with Gasteiger partial charge >= 0.3 is 5.69 Å². The molecule has 0 amide bonds. The average molecular weight is 286 g/mol. The van der Waals surface area contributed by atoms with Gasteiger partial charge in [-0.15, -0.1) is 0 Å². The molecule has 2 aliphatic rings. The summed E-state index contributed by atoms with van der Waals surface area (Å²) in [4.78, 5) is 13.1. The molecule has 2 fully saturated rings. The molecule has 1 saturated heterocycles. The van der Waals surface area contributed by atoms with E-state index in [4.69, 9.17) is 5.26 Å². The van der Waals surface area contributed by atoms with E-state index in [2.05, 4.69) is 10.2 Å². The van der Waals surface area contributed by atoms with Gasteiger partial charge in [0.05, 0.1) is 4.92 Å². The average Bonchev–Trinajstić information content (AvgIpc) is 3.20. The maximum Gasteiger partial charge on any atom is 0.310 e. The van der Waals surface area contributed by atoms with Crippen molar-refractivity contribution in [3.63, 3.8) is 0 Å². The van der Waals surface area contributed by atoms with Gasteiger partial charge in [-0.2, -0.15) is 5.26 Å². The Morgan fingerprint density at radius 2 is 2.24 bits per heavy atom. The van der Waals surface area contributed by atoms with E-state index in [9.17, 15) is 10.1 Å². The second-order valence-corrected chi connectivity index (χ2v) is 5.72. The third kappa shape index (κ3) is 2.83. The lowest BCUT2D eigenvalue weighted by atomic mass is 10.1. The van der Waals surface area contributed by atoms with Crippen LogP contribution < -0.4 is 10.2 Å². The van der Waals surface area contributed by atoms with Crippen LogP contribution >= 0.6 is 0 Å². The van der Waals surface area contributed by atoms with E-state index in [-0.39, 0.29) is 11.3 Å². The lowest BCUT2D eigenvalue weighted by molar-refractivity contribution is -0.384. The van der Waals surface area contributed by atoms with E-state index >= 15 is 0 Å². The number of nitro benzene ring substituents is 1. The number of nitriles is 1. The molecule has 0 spiro atoms. The SMILES string of the molecule is N#Cc1cccc(N(CC2CCCN2)C2CC2)c1[N+](=O)[O-]. The van der Waals surface area contributed by atoms with Gasteiger partial charge in [-0.1, -0.05) is 6.07 Å². The molecule has 1 aromatic rings. The van der Waals surface area contributed by atoms with E-state index in [0.29, 0.717) is 17.8 Å². The highest BCUT2D eigenvalue weighted by Crippen LogP contribution is 2.38. The Labute approximate surface area is 123 Å². The second-order valence-electron chi connectivity index (χ2n) is 5.72. The number of benzene rings is 1. The van der Waals surface area contributed by atoms with Crippen molar-refractivity contribution in [3.8, 4) is 6.07 Å². The predicted octanol–water partition coefficient (Wildman–Crippen LogP) is 2.19. The minimum absolute atomic E-state index is 0.0510. The Morgan fingerprint density at radius 1 is 1.43 bits per heavy atom. The highest BCUT2D eigenvalue weighted by molar-refractivity contribution is 5.70. The van der Waals surface area contributed by atoms with Crippen molar-refractivity contribution in [2.24, 2.45) is 0 Å². The van der Waals surface area contributed by atoms with Gasteiger partial charge in [-0.25, -0.2) is 0 Å². The molecule has 1 heterocycles. The molecule has 110 valence electrons. The van der Waals surface area contributed by atoms with Crippen LogP contribution in [0.2, 0.25) is 0 Å². The quantitative estimate of drug-likeness (QED) is 0.662. The topological polar surface area (TPSA) is 82.2 Å². The van der Waals surface area contributed by atoms with E-state index in [0.717, 1.165) is 38.8 Å². The molecular formula is C15H18N4O2. The molecular weight excluding hydrogens is 268 g/mol. The first-order chi connectivity index (χ1) is 10.2. The number of hydrogen-bond acceptors (Lipinski definition) is 5. The Balaban J connectivity index is 1.95. The van der Waals surface area contributed by atoms with Gasteiger partial charge in [0.1, 0.15) is 17.3 Å². The van der Waals surface area contributed by atoms with Crippen molar-refractivity contribution in [1.29, 1.82) is 5.26 Å². The van der Waals surface area contributed by atoms with Gasteiger partial charge in [-0.3, -0.25) is 10.1 Å². The highest BCUT2D eigenvalue weighted by Gasteiger charge is 2.35. The van der Waals surface area contributed by atoms with Crippen molar-refractivity contribution < 1.29 is 4.92 Å². The lowest BCUT2D eigenvalue weighted by Gasteiger charge is -2.27. The summed E-state index contributed by atoms with van der Waals surface area (Å²) < 4.78 is 0. The van der Waals surface area contributed by atoms with Gasteiger partial charge in [0, 0.05) is 18.6 Å². The van der Waals surface area contributed by atoms with E-state index < -0.39 is 4.92 Å². The maximum atomic E-state index is 11.4. The zero-order valence-electron chi connectivity index (χ0n) is 11.8. The van der Waals surface area contributed by atoms with Gasteiger partial charge in [0.2, 0.25) is 0 Å². The molecule has 0 bridgehead atoms. The van der Waals surface area contributed by atoms with Crippen molar-refractivity contribution >= 4 is 11.4 Å². The molecule has 3 rings (SSSR count). The predicted molar refractivity (Wildman–Crippen MR) is 79.2 cm³/mol. The fourth-order valence-corrected chi connectivity index (χ4v) is 3.03. The number of anilines is 1. The minimum Gasteiger partial charge on any atom is -0.361 e. The molecule has 0 aromatic heterocycles. The Kier molecular flexibility index (Phi) is 3.76. The van der Waals surface area contributed by atoms with Gasteiger partial charge in [0.15, 0.2) is 0 Å². The molecule has 1 aliphatic carbocycles. The van der Waals surface area contributed by atoms with E-state index in [1.165, 1.54) is 6.07 Å². The molecule has 1 atom stereocenters. The van der Waals surface area contributed by atoms with Crippen molar-refractivity contribution in [3.05, 3.63) is 33.9 Å².